The number of nitrogens with one attached hydrogen (secondary N) is 1. The highest BCUT2D eigenvalue weighted by Crippen LogP contribution is 2.20. The second-order valence-electron chi connectivity index (χ2n) is 6.42. The van der Waals surface area contributed by atoms with Crippen LogP contribution in [0.2, 0.25) is 0 Å². The van der Waals surface area contributed by atoms with E-state index in [0.29, 0.717) is 6.04 Å². The van der Waals surface area contributed by atoms with Gasteiger partial charge in [-0.05, 0) is 69.2 Å². The zero-order chi connectivity index (χ0) is 14.4. The second-order valence-corrected chi connectivity index (χ2v) is 6.42. The fourth-order valence-corrected chi connectivity index (χ4v) is 2.76. The monoisotopic (exact) mass is 261 g/mol. The molecule has 0 saturated heterocycles. The van der Waals surface area contributed by atoms with Gasteiger partial charge in [0.2, 0.25) is 0 Å². The van der Waals surface area contributed by atoms with Gasteiger partial charge in [-0.2, -0.15) is 0 Å². The first-order chi connectivity index (χ1) is 8.90. The Labute approximate surface area is 119 Å². The van der Waals surface area contributed by atoms with Crippen LogP contribution in [0.1, 0.15) is 55.9 Å². The van der Waals surface area contributed by atoms with E-state index in [-0.39, 0.29) is 0 Å². The van der Waals surface area contributed by atoms with Crippen molar-refractivity contribution in [2.75, 3.05) is 6.54 Å². The van der Waals surface area contributed by atoms with Crippen molar-refractivity contribution >= 4 is 0 Å². The van der Waals surface area contributed by atoms with Crippen molar-refractivity contribution < 1.29 is 0 Å². The Balaban J connectivity index is 2.44. The molecule has 0 aliphatic rings. The minimum absolute atomic E-state index is 0.605. The van der Waals surface area contributed by atoms with Crippen LogP contribution in [0.5, 0.6) is 0 Å². The van der Waals surface area contributed by atoms with Crippen molar-refractivity contribution in [3.8, 4) is 0 Å². The summed E-state index contributed by atoms with van der Waals surface area (Å²) in [5.41, 5.74) is 5.87. The summed E-state index contributed by atoms with van der Waals surface area (Å²) in [6.45, 7) is 14.6. The van der Waals surface area contributed by atoms with E-state index in [4.69, 9.17) is 0 Å². The maximum Gasteiger partial charge on any atom is 0.00103 e. The van der Waals surface area contributed by atoms with E-state index in [9.17, 15) is 0 Å². The molecule has 0 bridgehead atoms. The third-order valence-corrected chi connectivity index (χ3v) is 3.92. The van der Waals surface area contributed by atoms with Crippen molar-refractivity contribution in [1.82, 2.24) is 5.32 Å². The summed E-state index contributed by atoms with van der Waals surface area (Å²) in [7, 11) is 0. The summed E-state index contributed by atoms with van der Waals surface area (Å²) in [5.74, 6) is 0.798. The molecule has 1 N–H and O–H groups in total. The molecule has 19 heavy (non-hydrogen) atoms. The lowest BCUT2D eigenvalue weighted by Gasteiger charge is -2.16. The minimum atomic E-state index is 0.605. The smallest absolute Gasteiger partial charge is 0.00103 e. The van der Waals surface area contributed by atoms with E-state index in [1.165, 1.54) is 36.0 Å². The van der Waals surface area contributed by atoms with Crippen LogP contribution in [0.3, 0.4) is 0 Å². The molecule has 1 heteroatoms. The zero-order valence-corrected chi connectivity index (χ0v) is 13.6. The van der Waals surface area contributed by atoms with E-state index in [1.807, 2.05) is 0 Å². The van der Waals surface area contributed by atoms with Gasteiger partial charge in [0.05, 0.1) is 0 Å². The zero-order valence-electron chi connectivity index (χ0n) is 13.6. The maximum atomic E-state index is 3.50. The molecule has 108 valence electrons. The lowest BCUT2D eigenvalue weighted by atomic mass is 9.92. The third kappa shape index (κ3) is 5.78. The van der Waals surface area contributed by atoms with E-state index in [0.717, 1.165) is 12.5 Å². The van der Waals surface area contributed by atoms with Crippen molar-refractivity contribution in [1.29, 1.82) is 0 Å². The molecule has 0 fully saturated rings. The van der Waals surface area contributed by atoms with Crippen molar-refractivity contribution in [3.05, 3.63) is 34.4 Å². The van der Waals surface area contributed by atoms with E-state index >= 15 is 0 Å². The second kappa shape index (κ2) is 7.69. The summed E-state index contributed by atoms with van der Waals surface area (Å²) in [4.78, 5) is 0. The number of rotatable bonds is 7. The van der Waals surface area contributed by atoms with Crippen LogP contribution in [0.4, 0.5) is 0 Å². The third-order valence-electron chi connectivity index (χ3n) is 3.92. The maximum absolute atomic E-state index is 3.50. The van der Waals surface area contributed by atoms with Crippen LogP contribution in [-0.2, 0) is 6.42 Å². The first-order valence-corrected chi connectivity index (χ1v) is 7.70. The molecule has 0 radical (unpaired) electrons. The van der Waals surface area contributed by atoms with Gasteiger partial charge in [0.25, 0.3) is 0 Å². The number of aryl methyl sites for hydroxylation is 3. The van der Waals surface area contributed by atoms with Gasteiger partial charge in [-0.25, -0.2) is 0 Å². The number of benzene rings is 1. The van der Waals surface area contributed by atoms with Crippen LogP contribution in [0.15, 0.2) is 12.1 Å². The molecule has 0 saturated carbocycles. The molecule has 1 nitrogen and oxygen atoms in total. The quantitative estimate of drug-likeness (QED) is 0.758. The Kier molecular flexibility index (Phi) is 6.57. The fourth-order valence-electron chi connectivity index (χ4n) is 2.76. The summed E-state index contributed by atoms with van der Waals surface area (Å²) >= 11 is 0. The molecule has 0 aliphatic heterocycles. The average molecular weight is 261 g/mol. The summed E-state index contributed by atoms with van der Waals surface area (Å²) in [6.07, 6.45) is 3.80. The van der Waals surface area contributed by atoms with Crippen LogP contribution < -0.4 is 5.32 Å². The predicted molar refractivity (Wildman–Crippen MR) is 85.9 cm³/mol. The Morgan fingerprint density at radius 2 is 1.53 bits per heavy atom. The van der Waals surface area contributed by atoms with Gasteiger partial charge >= 0.3 is 0 Å². The number of hydrogen-bond donors (Lipinski definition) is 1. The minimum Gasteiger partial charge on any atom is -0.315 e. The molecule has 1 aromatic carbocycles. The summed E-state index contributed by atoms with van der Waals surface area (Å²) in [5, 5.41) is 3.50. The van der Waals surface area contributed by atoms with Crippen LogP contribution in [-0.4, -0.2) is 12.6 Å². The molecule has 0 spiro atoms. The molecule has 1 aromatic rings. The highest BCUT2D eigenvalue weighted by molar-refractivity contribution is 5.37. The first-order valence-electron chi connectivity index (χ1n) is 7.70. The van der Waals surface area contributed by atoms with Gasteiger partial charge in [-0.3, -0.25) is 0 Å². The molecule has 0 aromatic heterocycles. The van der Waals surface area contributed by atoms with E-state index in [1.54, 1.807) is 5.56 Å². The lowest BCUT2D eigenvalue weighted by molar-refractivity contribution is 0.453. The van der Waals surface area contributed by atoms with E-state index in [2.05, 4.69) is 59.0 Å². The molecule has 1 atom stereocenters. The molecule has 1 rings (SSSR count). The van der Waals surface area contributed by atoms with E-state index < -0.39 is 0 Å². The summed E-state index contributed by atoms with van der Waals surface area (Å²) in [6, 6.07) is 5.23. The van der Waals surface area contributed by atoms with Crippen molar-refractivity contribution in [3.63, 3.8) is 0 Å². The Morgan fingerprint density at radius 3 is 2.05 bits per heavy atom. The predicted octanol–water partition coefficient (Wildman–Crippen LogP) is 4.57. The Hall–Kier alpha value is -0.820. The van der Waals surface area contributed by atoms with Crippen LogP contribution in [0, 0.1) is 26.7 Å². The topological polar surface area (TPSA) is 12.0 Å². The Bertz CT molecular complexity index is 370. The Morgan fingerprint density at radius 1 is 0.947 bits per heavy atom. The fraction of sp³-hybridized carbons (Fsp3) is 0.667. The first kappa shape index (κ1) is 16.2. The molecular weight excluding hydrogens is 230 g/mol. The normalized spacial score (nSPS) is 13.0. The van der Waals surface area contributed by atoms with Gasteiger partial charge in [0.1, 0.15) is 0 Å². The highest BCUT2D eigenvalue weighted by atomic mass is 14.9. The van der Waals surface area contributed by atoms with Crippen molar-refractivity contribution in [2.45, 2.75) is 66.8 Å². The van der Waals surface area contributed by atoms with Crippen LogP contribution in [0.25, 0.3) is 0 Å². The molecule has 0 aliphatic carbocycles. The SMILES string of the molecule is Cc1cc(C)c(CCC(C)CCNC(C)C)c(C)c1. The molecule has 0 heterocycles. The standard InChI is InChI=1S/C18H31N/c1-13(2)19-10-9-14(3)7-8-18-16(5)11-15(4)12-17(18)6/h11-14,19H,7-10H2,1-6H3. The van der Waals surface area contributed by atoms with Gasteiger partial charge in [-0.1, -0.05) is 38.5 Å². The molecule has 0 amide bonds. The lowest BCUT2D eigenvalue weighted by Crippen LogP contribution is -2.25. The van der Waals surface area contributed by atoms with Gasteiger partial charge < -0.3 is 5.32 Å². The molecule has 1 unspecified atom stereocenters. The van der Waals surface area contributed by atoms with Gasteiger partial charge in [0, 0.05) is 6.04 Å². The van der Waals surface area contributed by atoms with Crippen molar-refractivity contribution in [2.24, 2.45) is 5.92 Å². The largest absolute Gasteiger partial charge is 0.315 e. The number of hydrogen-bond acceptors (Lipinski definition) is 1. The average Bonchev–Trinajstić information content (AvgIpc) is 2.26. The summed E-state index contributed by atoms with van der Waals surface area (Å²) < 4.78 is 0. The van der Waals surface area contributed by atoms with Gasteiger partial charge in [0.15, 0.2) is 0 Å². The highest BCUT2D eigenvalue weighted by Gasteiger charge is 2.07. The molecular formula is C18H31N. The van der Waals surface area contributed by atoms with Crippen LogP contribution >= 0.6 is 0 Å². The van der Waals surface area contributed by atoms with Gasteiger partial charge in [-0.15, -0.1) is 0 Å².